The molecule has 1 aliphatic heterocycles. The number of rotatable bonds is 6. The summed E-state index contributed by atoms with van der Waals surface area (Å²) in [4.78, 5) is 14.0. The Morgan fingerprint density at radius 3 is 2.87 bits per heavy atom. The largest absolute Gasteiger partial charge is 0.393 e. The van der Waals surface area contributed by atoms with Crippen molar-refractivity contribution in [3.8, 4) is 0 Å². The molecule has 1 aromatic carbocycles. The van der Waals surface area contributed by atoms with Gasteiger partial charge in [-0.25, -0.2) is 4.79 Å². The normalized spacial score (nSPS) is 19.4. The summed E-state index contributed by atoms with van der Waals surface area (Å²) in [7, 11) is 0. The lowest BCUT2D eigenvalue weighted by Crippen LogP contribution is -2.47. The van der Waals surface area contributed by atoms with Gasteiger partial charge in [-0.3, -0.25) is 0 Å². The van der Waals surface area contributed by atoms with E-state index in [2.05, 4.69) is 36.5 Å². The topological polar surface area (TPSA) is 52.6 Å². The van der Waals surface area contributed by atoms with Gasteiger partial charge in [-0.15, -0.1) is 0 Å². The summed E-state index contributed by atoms with van der Waals surface area (Å²) in [6, 6.07) is 8.58. The minimum atomic E-state index is -0.337. The van der Waals surface area contributed by atoms with Crippen LogP contribution in [0.25, 0.3) is 0 Å². The van der Waals surface area contributed by atoms with Gasteiger partial charge < -0.3 is 15.3 Å². The maximum atomic E-state index is 12.2. The van der Waals surface area contributed by atoms with Crippen molar-refractivity contribution in [2.75, 3.05) is 25.4 Å². The number of piperidine rings is 1. The number of hydrogen-bond donors (Lipinski definition) is 2. The van der Waals surface area contributed by atoms with Crippen LogP contribution in [0, 0.1) is 12.8 Å². The van der Waals surface area contributed by atoms with Crippen molar-refractivity contribution >= 4 is 17.8 Å². The highest BCUT2D eigenvalue weighted by Crippen LogP contribution is 2.19. The average Bonchev–Trinajstić information content (AvgIpc) is 2.56. The number of aryl methyl sites for hydroxylation is 1. The van der Waals surface area contributed by atoms with E-state index in [1.165, 1.54) is 11.1 Å². The molecule has 0 aromatic heterocycles. The van der Waals surface area contributed by atoms with Crippen LogP contribution in [0.2, 0.25) is 0 Å². The zero-order valence-electron chi connectivity index (χ0n) is 14.1. The van der Waals surface area contributed by atoms with E-state index >= 15 is 0 Å². The molecule has 1 aliphatic rings. The van der Waals surface area contributed by atoms with Crippen molar-refractivity contribution in [2.45, 2.75) is 38.5 Å². The van der Waals surface area contributed by atoms with E-state index in [0.29, 0.717) is 13.1 Å². The minimum Gasteiger partial charge on any atom is -0.393 e. The molecule has 0 radical (unpaired) electrons. The Morgan fingerprint density at radius 2 is 2.17 bits per heavy atom. The first-order valence-electron chi connectivity index (χ1n) is 8.40. The third kappa shape index (κ3) is 6.07. The molecule has 23 heavy (non-hydrogen) atoms. The number of benzene rings is 1. The number of urea groups is 1. The predicted octanol–water partition coefficient (Wildman–Crippen LogP) is 3.03. The molecule has 0 bridgehead atoms. The SMILES string of the molecule is Cc1ccc(CSCCNC(=O)N2CCC[C@H]([C@@H](C)O)C2)cc1. The first kappa shape index (κ1) is 18.1. The van der Waals surface area contributed by atoms with Gasteiger partial charge in [0.15, 0.2) is 0 Å². The Balaban J connectivity index is 1.62. The molecule has 128 valence electrons. The van der Waals surface area contributed by atoms with Crippen molar-refractivity contribution in [1.82, 2.24) is 10.2 Å². The van der Waals surface area contributed by atoms with Crippen LogP contribution < -0.4 is 5.32 Å². The quantitative estimate of drug-likeness (QED) is 0.785. The van der Waals surface area contributed by atoms with Crippen LogP contribution in [0.1, 0.15) is 30.9 Å². The molecule has 4 nitrogen and oxygen atoms in total. The third-order valence-electron chi connectivity index (χ3n) is 4.34. The molecule has 2 rings (SSSR count). The highest BCUT2D eigenvalue weighted by atomic mass is 32.2. The number of likely N-dealkylation sites (tertiary alicyclic amines) is 1. The second-order valence-electron chi connectivity index (χ2n) is 6.36. The van der Waals surface area contributed by atoms with Crippen molar-refractivity contribution < 1.29 is 9.90 Å². The number of aliphatic hydroxyl groups is 1. The molecule has 2 N–H and O–H groups in total. The first-order valence-corrected chi connectivity index (χ1v) is 9.56. The van der Waals surface area contributed by atoms with Crippen LogP contribution in [0.5, 0.6) is 0 Å². The lowest BCUT2D eigenvalue weighted by atomic mass is 9.94. The zero-order chi connectivity index (χ0) is 16.7. The lowest BCUT2D eigenvalue weighted by Gasteiger charge is -2.34. The van der Waals surface area contributed by atoms with Gasteiger partial charge in [-0.05, 0) is 32.3 Å². The Bertz CT molecular complexity index is 490. The summed E-state index contributed by atoms with van der Waals surface area (Å²) in [6.07, 6.45) is 1.65. The van der Waals surface area contributed by atoms with Crippen LogP contribution >= 0.6 is 11.8 Å². The highest BCUT2D eigenvalue weighted by molar-refractivity contribution is 7.98. The summed E-state index contributed by atoms with van der Waals surface area (Å²) < 4.78 is 0. The summed E-state index contributed by atoms with van der Waals surface area (Å²) in [5.74, 6) is 2.10. The Kier molecular flexibility index (Phi) is 7.24. The van der Waals surface area contributed by atoms with Crippen molar-refractivity contribution in [3.63, 3.8) is 0 Å². The molecule has 1 fully saturated rings. The smallest absolute Gasteiger partial charge is 0.317 e. The van der Waals surface area contributed by atoms with E-state index in [0.717, 1.165) is 30.9 Å². The zero-order valence-corrected chi connectivity index (χ0v) is 14.9. The number of nitrogens with one attached hydrogen (secondary N) is 1. The molecule has 0 spiro atoms. The standard InChI is InChI=1S/C18H28N2O2S/c1-14-5-7-16(8-6-14)13-23-11-9-19-18(22)20-10-3-4-17(12-20)15(2)21/h5-8,15,17,21H,3-4,9-13H2,1-2H3,(H,19,22)/t15-,17+/m1/s1. The molecule has 0 aliphatic carbocycles. The van der Waals surface area contributed by atoms with Gasteiger partial charge in [0.1, 0.15) is 0 Å². The fourth-order valence-corrected chi connectivity index (χ4v) is 3.62. The third-order valence-corrected chi connectivity index (χ3v) is 5.37. The van der Waals surface area contributed by atoms with E-state index in [1.807, 2.05) is 23.6 Å². The minimum absolute atomic E-state index is 0.00582. The van der Waals surface area contributed by atoms with E-state index in [-0.39, 0.29) is 18.1 Å². The van der Waals surface area contributed by atoms with Gasteiger partial charge in [-0.1, -0.05) is 29.8 Å². The number of thioether (sulfide) groups is 1. The molecule has 1 heterocycles. The van der Waals surface area contributed by atoms with Crippen LogP contribution in [0.15, 0.2) is 24.3 Å². The molecule has 2 amide bonds. The van der Waals surface area contributed by atoms with Crippen LogP contribution in [-0.2, 0) is 5.75 Å². The molecule has 0 unspecified atom stereocenters. The number of hydrogen-bond acceptors (Lipinski definition) is 3. The van der Waals surface area contributed by atoms with Gasteiger partial charge in [0.2, 0.25) is 0 Å². The molecule has 2 atom stereocenters. The first-order chi connectivity index (χ1) is 11.1. The van der Waals surface area contributed by atoms with Crippen molar-refractivity contribution in [3.05, 3.63) is 35.4 Å². The number of nitrogens with zero attached hydrogens (tertiary/aromatic N) is 1. The van der Waals surface area contributed by atoms with E-state index < -0.39 is 0 Å². The van der Waals surface area contributed by atoms with Crippen molar-refractivity contribution in [2.24, 2.45) is 5.92 Å². The fraction of sp³-hybridized carbons (Fsp3) is 0.611. The van der Waals surface area contributed by atoms with Gasteiger partial charge in [-0.2, -0.15) is 11.8 Å². The van der Waals surface area contributed by atoms with E-state index in [1.54, 1.807) is 0 Å². The maximum absolute atomic E-state index is 12.2. The summed E-state index contributed by atoms with van der Waals surface area (Å²) in [5, 5.41) is 12.7. The Morgan fingerprint density at radius 1 is 1.43 bits per heavy atom. The number of aliphatic hydroxyl groups excluding tert-OH is 1. The number of carbonyl (C=O) groups excluding carboxylic acids is 1. The average molecular weight is 337 g/mol. The molecular formula is C18H28N2O2S. The monoisotopic (exact) mass is 336 g/mol. The maximum Gasteiger partial charge on any atom is 0.317 e. The van der Waals surface area contributed by atoms with Crippen LogP contribution in [0.3, 0.4) is 0 Å². The second-order valence-corrected chi connectivity index (χ2v) is 7.46. The van der Waals surface area contributed by atoms with E-state index in [9.17, 15) is 9.90 Å². The van der Waals surface area contributed by atoms with E-state index in [4.69, 9.17) is 0 Å². The van der Waals surface area contributed by atoms with Crippen LogP contribution in [0.4, 0.5) is 4.79 Å². The number of amides is 2. The Labute approximate surface area is 143 Å². The number of carbonyl (C=O) groups is 1. The molecule has 0 saturated carbocycles. The molecular weight excluding hydrogens is 308 g/mol. The second kappa shape index (κ2) is 9.18. The summed E-state index contributed by atoms with van der Waals surface area (Å²) >= 11 is 1.83. The van der Waals surface area contributed by atoms with Crippen molar-refractivity contribution in [1.29, 1.82) is 0 Å². The molecule has 1 aromatic rings. The van der Waals surface area contributed by atoms with Gasteiger partial charge >= 0.3 is 6.03 Å². The fourth-order valence-electron chi connectivity index (χ4n) is 2.80. The molecule has 1 saturated heterocycles. The summed E-state index contributed by atoms with van der Waals surface area (Å²) in [5.41, 5.74) is 2.60. The van der Waals surface area contributed by atoms with Gasteiger partial charge in [0.25, 0.3) is 0 Å². The van der Waals surface area contributed by atoms with Crippen LogP contribution in [-0.4, -0.2) is 47.5 Å². The summed E-state index contributed by atoms with van der Waals surface area (Å²) in [6.45, 7) is 6.06. The predicted molar refractivity (Wildman–Crippen MR) is 96.7 cm³/mol. The highest BCUT2D eigenvalue weighted by Gasteiger charge is 2.26. The van der Waals surface area contributed by atoms with Gasteiger partial charge in [0, 0.05) is 37.1 Å². The Hall–Kier alpha value is -1.20. The molecule has 5 heteroatoms. The lowest BCUT2D eigenvalue weighted by molar-refractivity contribution is 0.0741. The van der Waals surface area contributed by atoms with Gasteiger partial charge in [0.05, 0.1) is 6.10 Å².